The molecule has 39 heavy (non-hydrogen) atoms. The van der Waals surface area contributed by atoms with Crippen molar-refractivity contribution in [3.05, 3.63) is 66.1 Å². The molecule has 0 aliphatic carbocycles. The first-order chi connectivity index (χ1) is 19.0. The lowest BCUT2D eigenvalue weighted by Gasteiger charge is -2.36. The Labute approximate surface area is 226 Å². The number of benzene rings is 1. The van der Waals surface area contributed by atoms with Crippen molar-refractivity contribution in [2.24, 2.45) is 5.92 Å². The van der Waals surface area contributed by atoms with Crippen LogP contribution < -0.4 is 4.74 Å². The van der Waals surface area contributed by atoms with Gasteiger partial charge in [0.2, 0.25) is 5.91 Å². The lowest BCUT2D eigenvalue weighted by atomic mass is 9.87. The number of likely N-dealkylation sites (tertiary alicyclic amines) is 2. The third-order valence-electron chi connectivity index (χ3n) is 8.17. The monoisotopic (exact) mass is 527 g/mol. The number of carboxylic acids is 1. The Morgan fingerprint density at radius 1 is 1.03 bits per heavy atom. The lowest BCUT2D eigenvalue weighted by molar-refractivity contribution is -0.134. The fraction of sp³-hybridized carbons (Fsp3) is 0.400. The van der Waals surface area contributed by atoms with E-state index in [1.54, 1.807) is 24.3 Å². The molecule has 0 saturated carbocycles. The van der Waals surface area contributed by atoms with E-state index in [0.717, 1.165) is 61.9 Å². The SMILES string of the molecule is O=C(O)c1ccc(OCC2CCCN(C(=O)CN3CCC(c4ccnc5cnc6[nH]ccc6c45)CC3)C2)cc1. The highest BCUT2D eigenvalue weighted by Gasteiger charge is 2.28. The van der Waals surface area contributed by atoms with Crippen LogP contribution in [-0.4, -0.2) is 81.1 Å². The number of hydrogen-bond donors (Lipinski definition) is 2. The van der Waals surface area contributed by atoms with Gasteiger partial charge in [0.1, 0.15) is 11.4 Å². The van der Waals surface area contributed by atoms with E-state index in [4.69, 9.17) is 9.84 Å². The number of hydrogen-bond acceptors (Lipinski definition) is 6. The van der Waals surface area contributed by atoms with E-state index in [9.17, 15) is 9.59 Å². The second kappa shape index (κ2) is 11.0. The Morgan fingerprint density at radius 2 is 1.85 bits per heavy atom. The highest BCUT2D eigenvalue weighted by atomic mass is 16.5. The van der Waals surface area contributed by atoms with Gasteiger partial charge in [0.05, 0.1) is 30.4 Å². The first-order valence-electron chi connectivity index (χ1n) is 13.7. The number of aromatic carboxylic acids is 1. The molecule has 1 amide bonds. The Bertz CT molecular complexity index is 1480. The molecule has 3 aromatic heterocycles. The molecule has 9 nitrogen and oxygen atoms in total. The first kappa shape index (κ1) is 25.3. The van der Waals surface area contributed by atoms with Crippen molar-refractivity contribution in [3.63, 3.8) is 0 Å². The van der Waals surface area contributed by atoms with Crippen LogP contribution in [0.15, 0.2) is 55.0 Å². The van der Waals surface area contributed by atoms with Gasteiger partial charge in [0.15, 0.2) is 0 Å². The van der Waals surface area contributed by atoms with E-state index >= 15 is 0 Å². The van der Waals surface area contributed by atoms with Gasteiger partial charge in [-0.05, 0) is 86.7 Å². The molecule has 2 fully saturated rings. The number of aromatic amines is 1. The molecule has 2 aliphatic heterocycles. The highest BCUT2D eigenvalue weighted by Crippen LogP contribution is 2.35. The standard InChI is InChI=1S/C30H33N5O4/c36-27(35-13-1-2-20(17-35)19-39-23-5-3-22(4-6-23)30(37)38)18-34-14-9-21(10-15-34)24-7-11-31-26-16-33-29-25(28(24)26)8-12-32-29/h3-8,11-12,16,20-21H,1-2,9-10,13-15,17-19H2,(H,32,33)(H,37,38). The van der Waals surface area contributed by atoms with Gasteiger partial charge in [0, 0.05) is 42.2 Å². The van der Waals surface area contributed by atoms with Gasteiger partial charge < -0.3 is 19.7 Å². The number of H-pyrrole nitrogens is 1. The van der Waals surface area contributed by atoms with Gasteiger partial charge in [0.25, 0.3) is 0 Å². The number of nitrogens with one attached hydrogen (secondary N) is 1. The minimum atomic E-state index is -0.950. The van der Waals surface area contributed by atoms with Crippen LogP contribution in [0.4, 0.5) is 0 Å². The maximum Gasteiger partial charge on any atom is 0.335 e. The molecule has 9 heteroatoms. The van der Waals surface area contributed by atoms with E-state index in [1.807, 2.05) is 23.5 Å². The zero-order chi connectivity index (χ0) is 26.8. The molecule has 2 saturated heterocycles. The minimum Gasteiger partial charge on any atom is -0.493 e. The lowest BCUT2D eigenvalue weighted by Crippen LogP contribution is -2.47. The van der Waals surface area contributed by atoms with Crippen LogP contribution in [0.3, 0.4) is 0 Å². The number of fused-ring (bicyclic) bond motifs is 3. The predicted molar refractivity (Wildman–Crippen MR) is 148 cm³/mol. The Hall–Kier alpha value is -3.98. The Kier molecular flexibility index (Phi) is 7.15. The summed E-state index contributed by atoms with van der Waals surface area (Å²) >= 11 is 0. The van der Waals surface area contributed by atoms with E-state index in [1.165, 1.54) is 10.9 Å². The van der Waals surface area contributed by atoms with Crippen LogP contribution in [0.5, 0.6) is 5.75 Å². The molecule has 1 atom stereocenters. The summed E-state index contributed by atoms with van der Waals surface area (Å²) in [5.74, 6) is 0.602. The maximum absolute atomic E-state index is 13.2. The van der Waals surface area contributed by atoms with Crippen LogP contribution in [0.1, 0.15) is 47.5 Å². The molecule has 6 rings (SSSR count). The number of ether oxygens (including phenoxy) is 1. The van der Waals surface area contributed by atoms with Crippen molar-refractivity contribution in [2.75, 3.05) is 39.3 Å². The summed E-state index contributed by atoms with van der Waals surface area (Å²) in [5, 5.41) is 11.4. The van der Waals surface area contributed by atoms with E-state index < -0.39 is 5.97 Å². The van der Waals surface area contributed by atoms with Gasteiger partial charge in [-0.3, -0.25) is 14.7 Å². The third kappa shape index (κ3) is 5.45. The van der Waals surface area contributed by atoms with Gasteiger partial charge >= 0.3 is 5.97 Å². The summed E-state index contributed by atoms with van der Waals surface area (Å²) in [6.45, 7) is 4.27. The number of amides is 1. The van der Waals surface area contributed by atoms with Crippen LogP contribution >= 0.6 is 0 Å². The summed E-state index contributed by atoms with van der Waals surface area (Å²) in [4.78, 5) is 40.8. The number of carboxylic acid groups (broad SMARTS) is 1. The number of pyridine rings is 2. The molecule has 0 radical (unpaired) electrons. The Morgan fingerprint density at radius 3 is 2.64 bits per heavy atom. The summed E-state index contributed by atoms with van der Waals surface area (Å²) in [5.41, 5.74) is 3.39. The molecule has 0 bridgehead atoms. The van der Waals surface area contributed by atoms with Gasteiger partial charge in [-0.15, -0.1) is 0 Å². The number of aromatic nitrogens is 3. The number of rotatable bonds is 7. The molecule has 0 spiro atoms. The Balaban J connectivity index is 1.02. The molecule has 1 aromatic carbocycles. The zero-order valence-electron chi connectivity index (χ0n) is 21.9. The van der Waals surface area contributed by atoms with E-state index in [-0.39, 0.29) is 17.4 Å². The molecule has 4 aromatic rings. The number of piperidine rings is 2. The summed E-state index contributed by atoms with van der Waals surface area (Å²) in [6.07, 6.45) is 9.67. The van der Waals surface area contributed by atoms with Crippen molar-refractivity contribution in [2.45, 2.75) is 31.6 Å². The van der Waals surface area contributed by atoms with Gasteiger partial charge in [-0.25, -0.2) is 9.78 Å². The van der Waals surface area contributed by atoms with Crippen molar-refractivity contribution in [1.29, 1.82) is 0 Å². The van der Waals surface area contributed by atoms with E-state index in [0.29, 0.717) is 31.4 Å². The van der Waals surface area contributed by atoms with Gasteiger partial charge in [-0.2, -0.15) is 0 Å². The highest BCUT2D eigenvalue weighted by molar-refractivity contribution is 6.05. The molecular formula is C30H33N5O4. The van der Waals surface area contributed by atoms with Crippen molar-refractivity contribution >= 4 is 33.8 Å². The molecular weight excluding hydrogens is 494 g/mol. The largest absolute Gasteiger partial charge is 0.493 e. The second-order valence-electron chi connectivity index (χ2n) is 10.7. The van der Waals surface area contributed by atoms with Crippen molar-refractivity contribution in [3.8, 4) is 5.75 Å². The van der Waals surface area contributed by atoms with Crippen LogP contribution in [-0.2, 0) is 4.79 Å². The third-order valence-corrected chi connectivity index (χ3v) is 8.17. The molecule has 2 N–H and O–H groups in total. The van der Waals surface area contributed by atoms with Gasteiger partial charge in [-0.1, -0.05) is 0 Å². The smallest absolute Gasteiger partial charge is 0.335 e. The molecule has 2 aliphatic rings. The fourth-order valence-electron chi connectivity index (χ4n) is 6.05. The number of carbonyl (C=O) groups is 2. The molecule has 5 heterocycles. The normalized spacial score (nSPS) is 19.0. The second-order valence-corrected chi connectivity index (χ2v) is 10.7. The summed E-state index contributed by atoms with van der Waals surface area (Å²) < 4.78 is 5.91. The van der Waals surface area contributed by atoms with Crippen LogP contribution in [0, 0.1) is 5.92 Å². The number of carbonyl (C=O) groups excluding carboxylic acids is 1. The average molecular weight is 528 g/mol. The molecule has 1 unspecified atom stereocenters. The predicted octanol–water partition coefficient (Wildman–Crippen LogP) is 4.31. The topological polar surface area (TPSA) is 112 Å². The van der Waals surface area contributed by atoms with Crippen LogP contribution in [0.2, 0.25) is 0 Å². The van der Waals surface area contributed by atoms with E-state index in [2.05, 4.69) is 32.0 Å². The van der Waals surface area contributed by atoms with Crippen LogP contribution in [0.25, 0.3) is 21.9 Å². The fourth-order valence-corrected chi connectivity index (χ4v) is 6.05. The quantitative estimate of drug-likeness (QED) is 0.368. The first-order valence-corrected chi connectivity index (χ1v) is 13.7. The summed E-state index contributed by atoms with van der Waals surface area (Å²) in [6, 6.07) is 10.7. The van der Waals surface area contributed by atoms with Crippen molar-refractivity contribution < 1.29 is 19.4 Å². The average Bonchev–Trinajstić information content (AvgIpc) is 3.46. The minimum absolute atomic E-state index is 0.193. The van der Waals surface area contributed by atoms with Crippen molar-refractivity contribution in [1.82, 2.24) is 24.8 Å². The summed E-state index contributed by atoms with van der Waals surface area (Å²) in [7, 11) is 0. The molecule has 202 valence electrons. The zero-order valence-corrected chi connectivity index (χ0v) is 21.9. The maximum atomic E-state index is 13.2. The number of nitrogens with zero attached hydrogens (tertiary/aromatic N) is 4.